The van der Waals surface area contributed by atoms with E-state index in [9.17, 15) is 10.2 Å². The smallest absolute Gasteiger partial charge is 0.0794 e. The molecule has 106 valence electrons. The Hall–Kier alpha value is -1.12. The lowest BCUT2D eigenvalue weighted by Crippen LogP contribution is -2.56. The Kier molecular flexibility index (Phi) is 2.49. The van der Waals surface area contributed by atoms with Gasteiger partial charge in [0, 0.05) is 11.3 Å². The predicted molar refractivity (Wildman–Crippen MR) is 79.2 cm³/mol. The Morgan fingerprint density at radius 1 is 1.15 bits per heavy atom. The van der Waals surface area contributed by atoms with E-state index in [-0.39, 0.29) is 17.4 Å². The van der Waals surface area contributed by atoms with Gasteiger partial charge >= 0.3 is 0 Å². The minimum absolute atomic E-state index is 0.147. The van der Waals surface area contributed by atoms with Gasteiger partial charge < -0.3 is 10.2 Å². The summed E-state index contributed by atoms with van der Waals surface area (Å²) >= 11 is 0. The van der Waals surface area contributed by atoms with Crippen LogP contribution in [0.3, 0.4) is 0 Å². The first kappa shape index (κ1) is 12.6. The van der Waals surface area contributed by atoms with Gasteiger partial charge in [0.05, 0.1) is 11.7 Å². The molecule has 1 aromatic rings. The Morgan fingerprint density at radius 2 is 1.95 bits per heavy atom. The highest BCUT2D eigenvalue weighted by Crippen LogP contribution is 2.62. The molecular formula is C18H22O2. The van der Waals surface area contributed by atoms with E-state index in [2.05, 4.69) is 43.3 Å². The zero-order valence-electron chi connectivity index (χ0n) is 11.9. The molecular weight excluding hydrogens is 248 g/mol. The number of rotatable bonds is 0. The summed E-state index contributed by atoms with van der Waals surface area (Å²) in [6.07, 6.45) is 7.41. The molecule has 2 fully saturated rings. The standard InChI is InChI=1S/C18H22O2/c1-17-10-8-14-13-5-3-2-4-12(13)6-7-15(14)18(17,20)11-9-16(17)19/h2-7,14-16,19-20H,8-11H2,1H3/t14-,15-,16-,17-,18+/m1/s1. The van der Waals surface area contributed by atoms with Crippen LogP contribution < -0.4 is 0 Å². The van der Waals surface area contributed by atoms with Gasteiger partial charge in [-0.05, 0) is 42.7 Å². The quantitative estimate of drug-likeness (QED) is 0.760. The van der Waals surface area contributed by atoms with Crippen molar-refractivity contribution in [3.63, 3.8) is 0 Å². The first-order chi connectivity index (χ1) is 9.56. The molecule has 0 amide bonds. The SMILES string of the molecule is C[C@]12CC[C@@H]3c4ccccc4C=C[C@H]3[C@@]1(O)CC[C@H]2O. The summed E-state index contributed by atoms with van der Waals surface area (Å²) in [5.41, 5.74) is 1.57. The van der Waals surface area contributed by atoms with Crippen LogP contribution in [0.5, 0.6) is 0 Å². The number of hydrogen-bond donors (Lipinski definition) is 2. The van der Waals surface area contributed by atoms with E-state index in [4.69, 9.17) is 0 Å². The van der Waals surface area contributed by atoms with Gasteiger partial charge in [-0.3, -0.25) is 0 Å². The Bertz CT molecular complexity index is 579. The third-order valence-electron chi connectivity index (χ3n) is 6.36. The monoisotopic (exact) mass is 270 g/mol. The van der Waals surface area contributed by atoms with Gasteiger partial charge in [0.25, 0.3) is 0 Å². The second kappa shape index (κ2) is 3.96. The second-order valence-electron chi connectivity index (χ2n) is 7.06. The summed E-state index contributed by atoms with van der Waals surface area (Å²) in [6, 6.07) is 8.53. The summed E-state index contributed by atoms with van der Waals surface area (Å²) in [6.45, 7) is 2.08. The fourth-order valence-corrected chi connectivity index (χ4v) is 5.00. The number of aliphatic hydroxyl groups is 2. The molecule has 0 bridgehead atoms. The number of fused-ring (bicyclic) bond motifs is 5. The highest BCUT2D eigenvalue weighted by Gasteiger charge is 2.63. The van der Waals surface area contributed by atoms with E-state index in [1.54, 1.807) is 0 Å². The van der Waals surface area contributed by atoms with Crippen molar-refractivity contribution in [1.29, 1.82) is 0 Å². The van der Waals surface area contributed by atoms with E-state index >= 15 is 0 Å². The molecule has 2 saturated carbocycles. The molecule has 3 aliphatic carbocycles. The maximum absolute atomic E-state index is 11.4. The minimum Gasteiger partial charge on any atom is -0.392 e. The molecule has 5 atom stereocenters. The molecule has 0 spiro atoms. The van der Waals surface area contributed by atoms with E-state index in [1.807, 2.05) is 0 Å². The zero-order valence-corrected chi connectivity index (χ0v) is 11.9. The van der Waals surface area contributed by atoms with E-state index in [0.29, 0.717) is 5.92 Å². The predicted octanol–water partition coefficient (Wildman–Crippen LogP) is 3.10. The van der Waals surface area contributed by atoms with Crippen molar-refractivity contribution < 1.29 is 10.2 Å². The molecule has 2 N–H and O–H groups in total. The molecule has 0 saturated heterocycles. The molecule has 0 radical (unpaired) electrons. The van der Waals surface area contributed by atoms with Crippen LogP contribution in [0.15, 0.2) is 30.3 Å². The summed E-state index contributed by atoms with van der Waals surface area (Å²) < 4.78 is 0. The molecule has 0 aromatic heterocycles. The van der Waals surface area contributed by atoms with Crippen LogP contribution in [-0.2, 0) is 0 Å². The summed E-state index contributed by atoms with van der Waals surface area (Å²) in [5, 5.41) is 21.7. The molecule has 0 aliphatic heterocycles. The Labute approximate surface area is 120 Å². The molecule has 3 aliphatic rings. The Balaban J connectivity index is 1.82. The summed E-state index contributed by atoms with van der Waals surface area (Å²) in [5.74, 6) is 0.549. The van der Waals surface area contributed by atoms with Crippen molar-refractivity contribution in [2.45, 2.75) is 50.2 Å². The summed E-state index contributed by atoms with van der Waals surface area (Å²) in [4.78, 5) is 0. The second-order valence-corrected chi connectivity index (χ2v) is 7.06. The van der Waals surface area contributed by atoms with Crippen molar-refractivity contribution >= 4 is 6.08 Å². The Morgan fingerprint density at radius 3 is 2.80 bits per heavy atom. The number of aliphatic hydroxyl groups excluding tert-OH is 1. The largest absolute Gasteiger partial charge is 0.392 e. The first-order valence-electron chi connectivity index (χ1n) is 7.74. The van der Waals surface area contributed by atoms with Crippen molar-refractivity contribution in [3.05, 3.63) is 41.5 Å². The third-order valence-corrected chi connectivity index (χ3v) is 6.36. The van der Waals surface area contributed by atoms with E-state index in [0.717, 1.165) is 25.7 Å². The van der Waals surface area contributed by atoms with Crippen LogP contribution in [0.1, 0.15) is 49.7 Å². The number of hydrogen-bond acceptors (Lipinski definition) is 2. The van der Waals surface area contributed by atoms with Crippen LogP contribution in [-0.4, -0.2) is 21.9 Å². The van der Waals surface area contributed by atoms with E-state index < -0.39 is 5.60 Å². The van der Waals surface area contributed by atoms with Crippen molar-refractivity contribution in [1.82, 2.24) is 0 Å². The fourth-order valence-electron chi connectivity index (χ4n) is 5.00. The first-order valence-corrected chi connectivity index (χ1v) is 7.74. The van der Waals surface area contributed by atoms with Crippen LogP contribution in [0.25, 0.3) is 6.08 Å². The van der Waals surface area contributed by atoms with Crippen LogP contribution in [0.4, 0.5) is 0 Å². The maximum Gasteiger partial charge on any atom is 0.0794 e. The zero-order chi connectivity index (χ0) is 14.0. The molecule has 1 aromatic carbocycles. The fraction of sp³-hybridized carbons (Fsp3) is 0.556. The molecule has 20 heavy (non-hydrogen) atoms. The van der Waals surface area contributed by atoms with Crippen molar-refractivity contribution in [3.8, 4) is 0 Å². The normalized spacial score (nSPS) is 45.6. The lowest BCUT2D eigenvalue weighted by Gasteiger charge is -2.53. The van der Waals surface area contributed by atoms with Crippen LogP contribution in [0, 0.1) is 11.3 Å². The highest BCUT2D eigenvalue weighted by atomic mass is 16.3. The molecule has 2 heteroatoms. The number of benzene rings is 1. The highest BCUT2D eigenvalue weighted by molar-refractivity contribution is 5.59. The summed E-state index contributed by atoms with van der Waals surface area (Å²) in [7, 11) is 0. The average Bonchev–Trinajstić information content (AvgIpc) is 2.71. The van der Waals surface area contributed by atoms with Crippen LogP contribution >= 0.6 is 0 Å². The van der Waals surface area contributed by atoms with Crippen molar-refractivity contribution in [2.75, 3.05) is 0 Å². The topological polar surface area (TPSA) is 40.5 Å². The lowest BCUT2D eigenvalue weighted by atomic mass is 9.54. The van der Waals surface area contributed by atoms with Gasteiger partial charge in [0.1, 0.15) is 0 Å². The average molecular weight is 270 g/mol. The minimum atomic E-state index is -0.751. The molecule has 2 nitrogen and oxygen atoms in total. The van der Waals surface area contributed by atoms with Gasteiger partial charge in [-0.1, -0.05) is 43.3 Å². The molecule has 4 rings (SSSR count). The van der Waals surface area contributed by atoms with E-state index in [1.165, 1.54) is 11.1 Å². The third kappa shape index (κ3) is 1.36. The molecule has 0 unspecified atom stereocenters. The molecule has 0 heterocycles. The van der Waals surface area contributed by atoms with Gasteiger partial charge in [0.15, 0.2) is 0 Å². The van der Waals surface area contributed by atoms with Gasteiger partial charge in [-0.25, -0.2) is 0 Å². The lowest BCUT2D eigenvalue weighted by molar-refractivity contribution is -0.147. The van der Waals surface area contributed by atoms with Gasteiger partial charge in [-0.2, -0.15) is 0 Å². The van der Waals surface area contributed by atoms with Crippen molar-refractivity contribution in [2.24, 2.45) is 11.3 Å². The van der Waals surface area contributed by atoms with Gasteiger partial charge in [0.2, 0.25) is 0 Å². The van der Waals surface area contributed by atoms with Crippen LogP contribution in [0.2, 0.25) is 0 Å². The maximum atomic E-state index is 11.4. The van der Waals surface area contributed by atoms with Gasteiger partial charge in [-0.15, -0.1) is 0 Å².